The van der Waals surface area contributed by atoms with Crippen molar-refractivity contribution < 1.29 is 4.74 Å². The molecule has 0 radical (unpaired) electrons. The molecule has 1 heterocycles. The highest BCUT2D eigenvalue weighted by Gasteiger charge is 2.09. The van der Waals surface area contributed by atoms with Gasteiger partial charge in [0.05, 0.1) is 7.11 Å². The molecule has 1 aromatic carbocycles. The van der Waals surface area contributed by atoms with Gasteiger partial charge in [0.15, 0.2) is 5.96 Å². The van der Waals surface area contributed by atoms with Gasteiger partial charge in [0.25, 0.3) is 0 Å². The minimum atomic E-state index is 0. The molecular formula is C19H33IN4O. The Morgan fingerprint density at radius 3 is 2.40 bits per heavy atom. The molecule has 0 bridgehead atoms. The number of piperidine rings is 1. The van der Waals surface area contributed by atoms with Gasteiger partial charge in [-0.3, -0.25) is 4.99 Å². The number of hydrogen-bond acceptors (Lipinski definition) is 3. The van der Waals surface area contributed by atoms with Crippen molar-refractivity contribution in [2.45, 2.75) is 32.1 Å². The summed E-state index contributed by atoms with van der Waals surface area (Å²) in [6.07, 6.45) is 6.22. The molecule has 1 aliphatic heterocycles. The van der Waals surface area contributed by atoms with Crippen molar-refractivity contribution in [3.05, 3.63) is 29.8 Å². The van der Waals surface area contributed by atoms with E-state index in [1.165, 1.54) is 37.9 Å². The highest BCUT2D eigenvalue weighted by Crippen LogP contribution is 2.12. The van der Waals surface area contributed by atoms with E-state index in [2.05, 4.69) is 32.7 Å². The van der Waals surface area contributed by atoms with E-state index in [0.717, 1.165) is 44.2 Å². The maximum absolute atomic E-state index is 5.18. The summed E-state index contributed by atoms with van der Waals surface area (Å²) in [5, 5.41) is 6.81. The summed E-state index contributed by atoms with van der Waals surface area (Å²) < 4.78 is 5.18. The van der Waals surface area contributed by atoms with Gasteiger partial charge in [-0.15, -0.1) is 24.0 Å². The van der Waals surface area contributed by atoms with Crippen molar-refractivity contribution in [3.8, 4) is 5.75 Å². The van der Waals surface area contributed by atoms with E-state index >= 15 is 0 Å². The van der Waals surface area contributed by atoms with E-state index in [4.69, 9.17) is 4.74 Å². The van der Waals surface area contributed by atoms with Gasteiger partial charge in [0, 0.05) is 26.7 Å². The lowest BCUT2D eigenvalue weighted by atomic mass is 10.1. The summed E-state index contributed by atoms with van der Waals surface area (Å²) >= 11 is 0. The minimum absolute atomic E-state index is 0. The SMILES string of the molecule is CN=C(NCCCc1ccc(OC)cc1)NCCN1CCCCC1.I. The van der Waals surface area contributed by atoms with E-state index < -0.39 is 0 Å². The molecule has 1 fully saturated rings. The smallest absolute Gasteiger partial charge is 0.191 e. The van der Waals surface area contributed by atoms with Crippen LogP contribution in [0.4, 0.5) is 0 Å². The molecule has 142 valence electrons. The molecule has 0 aliphatic carbocycles. The lowest BCUT2D eigenvalue weighted by molar-refractivity contribution is 0.232. The Balaban J connectivity index is 0.00000312. The number of nitrogens with one attached hydrogen (secondary N) is 2. The van der Waals surface area contributed by atoms with Crippen LogP contribution in [0.15, 0.2) is 29.3 Å². The number of nitrogens with zero attached hydrogens (tertiary/aromatic N) is 2. The van der Waals surface area contributed by atoms with E-state index in [1.807, 2.05) is 19.2 Å². The Kier molecular flexibility index (Phi) is 11.6. The molecule has 2 rings (SSSR count). The number of benzene rings is 1. The zero-order chi connectivity index (χ0) is 17.0. The van der Waals surface area contributed by atoms with E-state index in [1.54, 1.807) is 7.11 Å². The molecule has 6 heteroatoms. The summed E-state index contributed by atoms with van der Waals surface area (Å²) in [6, 6.07) is 8.29. The molecule has 25 heavy (non-hydrogen) atoms. The Bertz CT molecular complexity index is 487. The summed E-state index contributed by atoms with van der Waals surface area (Å²) in [5.41, 5.74) is 1.34. The number of ether oxygens (including phenoxy) is 1. The molecule has 0 saturated carbocycles. The second kappa shape index (κ2) is 13.2. The Labute approximate surface area is 169 Å². The minimum Gasteiger partial charge on any atom is -0.497 e. The first kappa shape index (κ1) is 22.0. The topological polar surface area (TPSA) is 48.9 Å². The van der Waals surface area contributed by atoms with Crippen LogP contribution >= 0.6 is 24.0 Å². The average Bonchev–Trinajstić information content (AvgIpc) is 2.65. The van der Waals surface area contributed by atoms with Gasteiger partial charge in [-0.2, -0.15) is 0 Å². The molecule has 0 aromatic heterocycles. The Morgan fingerprint density at radius 1 is 1.08 bits per heavy atom. The third-order valence-electron chi connectivity index (χ3n) is 4.49. The molecule has 1 aromatic rings. The lowest BCUT2D eigenvalue weighted by Gasteiger charge is -2.26. The first-order chi connectivity index (χ1) is 11.8. The van der Waals surface area contributed by atoms with Crippen LogP contribution in [-0.2, 0) is 6.42 Å². The number of methoxy groups -OCH3 is 1. The molecule has 0 unspecified atom stereocenters. The molecule has 0 spiro atoms. The third-order valence-corrected chi connectivity index (χ3v) is 4.49. The van der Waals surface area contributed by atoms with Gasteiger partial charge < -0.3 is 20.3 Å². The van der Waals surface area contributed by atoms with Crippen molar-refractivity contribution in [1.82, 2.24) is 15.5 Å². The van der Waals surface area contributed by atoms with Gasteiger partial charge in [-0.05, 0) is 56.5 Å². The van der Waals surface area contributed by atoms with Crippen LogP contribution in [0.5, 0.6) is 5.75 Å². The Hall–Kier alpha value is -1.02. The van der Waals surface area contributed by atoms with Crippen molar-refractivity contribution in [2.75, 3.05) is 46.9 Å². The quantitative estimate of drug-likeness (QED) is 0.271. The van der Waals surface area contributed by atoms with E-state index in [9.17, 15) is 0 Å². The average molecular weight is 460 g/mol. The number of likely N-dealkylation sites (tertiary alicyclic amines) is 1. The largest absolute Gasteiger partial charge is 0.497 e. The zero-order valence-corrected chi connectivity index (χ0v) is 17.9. The van der Waals surface area contributed by atoms with Gasteiger partial charge in [-0.25, -0.2) is 0 Å². The molecule has 5 nitrogen and oxygen atoms in total. The summed E-state index contributed by atoms with van der Waals surface area (Å²) in [5.74, 6) is 1.82. The van der Waals surface area contributed by atoms with Crippen LogP contribution in [0.1, 0.15) is 31.2 Å². The molecule has 0 atom stereocenters. The summed E-state index contributed by atoms with van der Waals surface area (Å²) in [7, 11) is 3.53. The van der Waals surface area contributed by atoms with Crippen LogP contribution in [0.25, 0.3) is 0 Å². The van der Waals surface area contributed by atoms with Crippen molar-refractivity contribution in [1.29, 1.82) is 0 Å². The fourth-order valence-corrected chi connectivity index (χ4v) is 3.03. The van der Waals surface area contributed by atoms with Crippen molar-refractivity contribution >= 4 is 29.9 Å². The number of rotatable bonds is 8. The summed E-state index contributed by atoms with van der Waals surface area (Å²) in [4.78, 5) is 6.83. The first-order valence-electron chi connectivity index (χ1n) is 9.11. The fourth-order valence-electron chi connectivity index (χ4n) is 3.03. The predicted octanol–water partition coefficient (Wildman–Crippen LogP) is 2.90. The van der Waals surface area contributed by atoms with Crippen LogP contribution in [0.2, 0.25) is 0 Å². The number of hydrogen-bond donors (Lipinski definition) is 2. The molecular weight excluding hydrogens is 427 g/mol. The summed E-state index contributed by atoms with van der Waals surface area (Å²) in [6.45, 7) is 5.48. The zero-order valence-electron chi connectivity index (χ0n) is 15.6. The van der Waals surface area contributed by atoms with Gasteiger partial charge in [-0.1, -0.05) is 18.6 Å². The van der Waals surface area contributed by atoms with Crippen LogP contribution in [-0.4, -0.2) is 57.7 Å². The fraction of sp³-hybridized carbons (Fsp3) is 0.632. The molecule has 2 N–H and O–H groups in total. The standard InChI is InChI=1S/C19H32N4O.HI/c1-20-19(22-13-16-23-14-4-3-5-15-23)21-12-6-7-17-8-10-18(24-2)11-9-17;/h8-11H,3-7,12-16H2,1-2H3,(H2,20,21,22);1H. The highest BCUT2D eigenvalue weighted by molar-refractivity contribution is 14.0. The molecule has 0 amide bonds. The molecule has 1 saturated heterocycles. The number of aliphatic imine (C=N–C) groups is 1. The molecule has 1 aliphatic rings. The lowest BCUT2D eigenvalue weighted by Crippen LogP contribution is -2.42. The first-order valence-corrected chi connectivity index (χ1v) is 9.11. The number of halogens is 1. The number of aryl methyl sites for hydroxylation is 1. The van der Waals surface area contributed by atoms with Gasteiger partial charge in [0.2, 0.25) is 0 Å². The van der Waals surface area contributed by atoms with Crippen molar-refractivity contribution in [2.24, 2.45) is 4.99 Å². The van der Waals surface area contributed by atoms with Gasteiger partial charge >= 0.3 is 0 Å². The van der Waals surface area contributed by atoms with Gasteiger partial charge in [0.1, 0.15) is 5.75 Å². The second-order valence-electron chi connectivity index (χ2n) is 6.28. The second-order valence-corrected chi connectivity index (χ2v) is 6.28. The van der Waals surface area contributed by atoms with E-state index in [0.29, 0.717) is 0 Å². The maximum atomic E-state index is 5.18. The third kappa shape index (κ3) is 8.76. The predicted molar refractivity (Wildman–Crippen MR) is 116 cm³/mol. The van der Waals surface area contributed by atoms with E-state index in [-0.39, 0.29) is 24.0 Å². The van der Waals surface area contributed by atoms with Crippen LogP contribution in [0, 0.1) is 0 Å². The van der Waals surface area contributed by atoms with Crippen molar-refractivity contribution in [3.63, 3.8) is 0 Å². The highest BCUT2D eigenvalue weighted by atomic mass is 127. The normalized spacial score (nSPS) is 15.4. The Morgan fingerprint density at radius 2 is 1.76 bits per heavy atom. The number of guanidine groups is 1. The monoisotopic (exact) mass is 460 g/mol. The van der Waals surface area contributed by atoms with Crippen LogP contribution in [0.3, 0.4) is 0 Å². The van der Waals surface area contributed by atoms with Crippen LogP contribution < -0.4 is 15.4 Å². The maximum Gasteiger partial charge on any atom is 0.191 e.